The Kier molecular flexibility index (Phi) is 3.56. The quantitative estimate of drug-likeness (QED) is 0.612. The van der Waals surface area contributed by atoms with Crippen LogP contribution in [0.25, 0.3) is 11.3 Å². The fraction of sp³-hybridized carbons (Fsp3) is 0.167. The first-order valence-electron chi connectivity index (χ1n) is 5.35. The Morgan fingerprint density at radius 2 is 1.68 bits per heavy atom. The number of rotatable bonds is 3. The van der Waals surface area contributed by atoms with Crippen LogP contribution in [-0.4, -0.2) is 22.3 Å². The van der Waals surface area contributed by atoms with E-state index in [2.05, 4.69) is 14.9 Å². The molecule has 0 N–H and O–H groups in total. The third-order valence-electron chi connectivity index (χ3n) is 2.11. The van der Waals surface area contributed by atoms with Crippen molar-refractivity contribution in [3.63, 3.8) is 0 Å². The molecular formula is C12H10N2O5. The standard InChI is InChI=1S/C12H10N2O5/c1-7(15)18-10-4-3-5-11(19-8(2)16)12(10)9-6-17-14-13-9/h3-6H,1-2H3. The van der Waals surface area contributed by atoms with Crippen molar-refractivity contribution in [3.05, 3.63) is 24.5 Å². The van der Waals surface area contributed by atoms with Gasteiger partial charge in [-0.05, 0) is 12.1 Å². The predicted molar refractivity (Wildman–Crippen MR) is 62.4 cm³/mol. The zero-order valence-corrected chi connectivity index (χ0v) is 10.2. The van der Waals surface area contributed by atoms with Crippen molar-refractivity contribution in [3.8, 4) is 22.8 Å². The fourth-order valence-electron chi connectivity index (χ4n) is 1.52. The van der Waals surface area contributed by atoms with Crippen LogP contribution in [0.3, 0.4) is 0 Å². The Hall–Kier alpha value is -2.70. The number of carbonyl (C=O) groups excluding carboxylic acids is 2. The second-order valence-corrected chi connectivity index (χ2v) is 3.61. The summed E-state index contributed by atoms with van der Waals surface area (Å²) < 4.78 is 14.8. The van der Waals surface area contributed by atoms with Crippen molar-refractivity contribution in [1.82, 2.24) is 10.4 Å². The van der Waals surface area contributed by atoms with Gasteiger partial charge in [-0.2, -0.15) is 0 Å². The van der Waals surface area contributed by atoms with Crippen LogP contribution in [-0.2, 0) is 9.59 Å². The molecule has 0 spiro atoms. The highest BCUT2D eigenvalue weighted by atomic mass is 16.5. The van der Waals surface area contributed by atoms with Gasteiger partial charge in [-0.1, -0.05) is 6.07 Å². The van der Waals surface area contributed by atoms with E-state index in [9.17, 15) is 9.59 Å². The highest BCUT2D eigenvalue weighted by molar-refractivity contribution is 5.81. The van der Waals surface area contributed by atoms with Crippen molar-refractivity contribution in [2.75, 3.05) is 0 Å². The lowest BCUT2D eigenvalue weighted by molar-refractivity contribution is -0.132. The van der Waals surface area contributed by atoms with Crippen LogP contribution in [0.5, 0.6) is 11.5 Å². The number of hydrogen-bond donors (Lipinski definition) is 0. The molecule has 2 aromatic rings. The molecule has 1 aromatic heterocycles. The summed E-state index contributed by atoms with van der Waals surface area (Å²) in [7, 11) is 0. The minimum absolute atomic E-state index is 0.210. The lowest BCUT2D eigenvalue weighted by Gasteiger charge is -2.10. The zero-order chi connectivity index (χ0) is 13.8. The molecule has 1 aromatic carbocycles. The van der Waals surface area contributed by atoms with E-state index in [1.807, 2.05) is 0 Å². The Bertz CT molecular complexity index is 572. The van der Waals surface area contributed by atoms with Gasteiger partial charge < -0.3 is 14.0 Å². The molecule has 0 fully saturated rings. The number of ether oxygens (including phenoxy) is 2. The van der Waals surface area contributed by atoms with E-state index in [4.69, 9.17) is 9.47 Å². The van der Waals surface area contributed by atoms with Crippen molar-refractivity contribution < 1.29 is 23.6 Å². The molecule has 0 unspecified atom stereocenters. The molecule has 0 atom stereocenters. The van der Waals surface area contributed by atoms with Gasteiger partial charge in [0.25, 0.3) is 0 Å². The summed E-state index contributed by atoms with van der Waals surface area (Å²) in [5.41, 5.74) is 0.627. The predicted octanol–water partition coefficient (Wildman–Crippen LogP) is 1.59. The van der Waals surface area contributed by atoms with Gasteiger partial charge in [0.05, 0.1) is 5.56 Å². The zero-order valence-electron chi connectivity index (χ0n) is 10.2. The number of hydrogen-bond acceptors (Lipinski definition) is 7. The highest BCUT2D eigenvalue weighted by Crippen LogP contribution is 2.37. The Balaban J connectivity index is 2.55. The van der Waals surface area contributed by atoms with E-state index in [1.54, 1.807) is 18.2 Å². The van der Waals surface area contributed by atoms with Crippen LogP contribution >= 0.6 is 0 Å². The molecule has 7 nitrogen and oxygen atoms in total. The number of nitrogens with zero attached hydrogens (tertiary/aromatic N) is 2. The molecule has 1 heterocycles. The number of aromatic nitrogens is 2. The lowest BCUT2D eigenvalue weighted by Crippen LogP contribution is -2.06. The molecule has 0 aliphatic rings. The normalized spacial score (nSPS) is 10.0. The second kappa shape index (κ2) is 5.30. The van der Waals surface area contributed by atoms with Crippen LogP contribution in [0.15, 0.2) is 29.0 Å². The highest BCUT2D eigenvalue weighted by Gasteiger charge is 2.18. The van der Waals surface area contributed by atoms with E-state index in [0.717, 1.165) is 0 Å². The largest absolute Gasteiger partial charge is 0.426 e. The molecule has 7 heteroatoms. The molecule has 0 radical (unpaired) electrons. The third-order valence-corrected chi connectivity index (χ3v) is 2.11. The lowest BCUT2D eigenvalue weighted by atomic mass is 10.1. The monoisotopic (exact) mass is 262 g/mol. The molecule has 0 saturated heterocycles. The smallest absolute Gasteiger partial charge is 0.308 e. The van der Waals surface area contributed by atoms with Crippen LogP contribution in [0.4, 0.5) is 0 Å². The summed E-state index contributed by atoms with van der Waals surface area (Å²) in [6.07, 6.45) is 1.26. The third kappa shape index (κ3) is 2.95. The maximum absolute atomic E-state index is 11.1. The van der Waals surface area contributed by atoms with Crippen molar-refractivity contribution >= 4 is 11.9 Å². The maximum atomic E-state index is 11.1. The van der Waals surface area contributed by atoms with Gasteiger partial charge in [0.1, 0.15) is 17.2 Å². The summed E-state index contributed by atoms with van der Waals surface area (Å²) in [4.78, 5) is 22.2. The van der Waals surface area contributed by atoms with E-state index in [0.29, 0.717) is 11.3 Å². The Labute approximate surface area is 108 Å². The van der Waals surface area contributed by atoms with Crippen LogP contribution in [0, 0.1) is 0 Å². The van der Waals surface area contributed by atoms with E-state index in [1.165, 1.54) is 20.1 Å². The van der Waals surface area contributed by atoms with Gasteiger partial charge in [-0.15, -0.1) is 5.10 Å². The molecule has 19 heavy (non-hydrogen) atoms. The molecule has 0 saturated carbocycles. The van der Waals surface area contributed by atoms with Crippen LogP contribution in [0.2, 0.25) is 0 Å². The molecule has 98 valence electrons. The first kappa shape index (κ1) is 12.7. The van der Waals surface area contributed by atoms with Gasteiger partial charge >= 0.3 is 11.9 Å². The molecule has 0 bridgehead atoms. The number of benzene rings is 1. The minimum atomic E-state index is -0.502. The summed E-state index contributed by atoms with van der Waals surface area (Å²) in [5.74, 6) is -0.584. The summed E-state index contributed by atoms with van der Waals surface area (Å²) in [5, 5.41) is 7.06. The Morgan fingerprint density at radius 1 is 1.11 bits per heavy atom. The van der Waals surface area contributed by atoms with Crippen LogP contribution < -0.4 is 9.47 Å². The molecule has 2 rings (SSSR count). The van der Waals surface area contributed by atoms with Crippen molar-refractivity contribution in [2.24, 2.45) is 0 Å². The van der Waals surface area contributed by atoms with Crippen molar-refractivity contribution in [1.29, 1.82) is 0 Å². The molecule has 0 aliphatic carbocycles. The van der Waals surface area contributed by atoms with E-state index in [-0.39, 0.29) is 11.5 Å². The van der Waals surface area contributed by atoms with Crippen molar-refractivity contribution in [2.45, 2.75) is 13.8 Å². The number of esters is 2. The SMILES string of the molecule is CC(=O)Oc1cccc(OC(C)=O)c1-c1conn1. The maximum Gasteiger partial charge on any atom is 0.308 e. The molecule has 0 aliphatic heterocycles. The summed E-state index contributed by atoms with van der Waals surface area (Å²) >= 11 is 0. The second-order valence-electron chi connectivity index (χ2n) is 3.61. The van der Waals surface area contributed by atoms with E-state index >= 15 is 0 Å². The van der Waals surface area contributed by atoms with Gasteiger partial charge in [-0.25, -0.2) is 0 Å². The first-order chi connectivity index (χ1) is 9.08. The van der Waals surface area contributed by atoms with Crippen LogP contribution in [0.1, 0.15) is 13.8 Å². The first-order valence-corrected chi connectivity index (χ1v) is 5.35. The van der Waals surface area contributed by atoms with Gasteiger partial charge in [0.2, 0.25) is 0 Å². The average Bonchev–Trinajstić information content (AvgIpc) is 2.81. The fourth-order valence-corrected chi connectivity index (χ4v) is 1.52. The van der Waals surface area contributed by atoms with E-state index < -0.39 is 11.9 Å². The summed E-state index contributed by atoms with van der Waals surface area (Å²) in [6, 6.07) is 4.70. The minimum Gasteiger partial charge on any atom is -0.426 e. The molecular weight excluding hydrogens is 252 g/mol. The average molecular weight is 262 g/mol. The topological polar surface area (TPSA) is 91.5 Å². The molecule has 0 amide bonds. The van der Waals surface area contributed by atoms with Gasteiger partial charge in [0, 0.05) is 19.1 Å². The number of carbonyl (C=O) groups is 2. The van der Waals surface area contributed by atoms with Gasteiger partial charge in [-0.3, -0.25) is 9.59 Å². The summed E-state index contributed by atoms with van der Waals surface area (Å²) in [6.45, 7) is 2.53. The van der Waals surface area contributed by atoms with Gasteiger partial charge in [0.15, 0.2) is 6.26 Å². The Morgan fingerprint density at radius 3 is 2.11 bits per heavy atom.